The first-order valence-electron chi connectivity index (χ1n) is 8.20. The first-order valence-corrected chi connectivity index (χ1v) is 8.20. The molecule has 2 fully saturated rings. The number of hydrogen-bond donors (Lipinski definition) is 1. The van der Waals surface area contributed by atoms with Gasteiger partial charge in [0.15, 0.2) is 0 Å². The van der Waals surface area contributed by atoms with E-state index in [1.54, 1.807) is 17.0 Å². The van der Waals surface area contributed by atoms with Crippen LogP contribution in [0.15, 0.2) is 24.3 Å². The molecule has 1 saturated heterocycles. The van der Waals surface area contributed by atoms with E-state index >= 15 is 0 Å². The van der Waals surface area contributed by atoms with Gasteiger partial charge in [-0.1, -0.05) is 18.6 Å². The van der Waals surface area contributed by atoms with E-state index in [4.69, 9.17) is 0 Å². The predicted molar refractivity (Wildman–Crippen MR) is 85.5 cm³/mol. The van der Waals surface area contributed by atoms with Gasteiger partial charge in [0, 0.05) is 32.1 Å². The quantitative estimate of drug-likeness (QED) is 0.912. The van der Waals surface area contributed by atoms with Crippen molar-refractivity contribution < 1.29 is 14.0 Å². The lowest BCUT2D eigenvalue weighted by molar-refractivity contribution is -0.135. The molecule has 1 aliphatic heterocycles. The fourth-order valence-electron chi connectivity index (χ4n) is 2.99. The standard InChI is InChI=1S/C17H22FN3O2/c18-14-6-1-2-7-15(14)20-8-10-21(11-9-20)16(22)12-19-17(23)13-4-3-5-13/h1-2,6-7,13H,3-5,8-12H2,(H,19,23). The number of benzene rings is 1. The summed E-state index contributed by atoms with van der Waals surface area (Å²) in [7, 11) is 0. The molecule has 6 heteroatoms. The number of hydrogen-bond acceptors (Lipinski definition) is 3. The van der Waals surface area contributed by atoms with E-state index in [-0.39, 0.29) is 30.1 Å². The van der Waals surface area contributed by atoms with Gasteiger partial charge in [0.25, 0.3) is 0 Å². The van der Waals surface area contributed by atoms with Crippen LogP contribution in [0.5, 0.6) is 0 Å². The largest absolute Gasteiger partial charge is 0.366 e. The lowest BCUT2D eigenvalue weighted by Gasteiger charge is -2.36. The SMILES string of the molecule is O=C(NCC(=O)N1CCN(c2ccccc2F)CC1)C1CCC1. The van der Waals surface area contributed by atoms with Gasteiger partial charge < -0.3 is 15.1 Å². The lowest BCUT2D eigenvalue weighted by Crippen LogP contribution is -2.52. The molecule has 1 aromatic rings. The molecule has 0 aromatic heterocycles. The van der Waals surface area contributed by atoms with Gasteiger partial charge in [0.1, 0.15) is 5.82 Å². The summed E-state index contributed by atoms with van der Waals surface area (Å²) in [5, 5.41) is 2.73. The zero-order valence-corrected chi connectivity index (χ0v) is 13.1. The molecule has 0 spiro atoms. The van der Waals surface area contributed by atoms with E-state index in [1.807, 2.05) is 11.0 Å². The summed E-state index contributed by atoms with van der Waals surface area (Å²) in [6, 6.07) is 6.68. The monoisotopic (exact) mass is 319 g/mol. The Morgan fingerprint density at radius 3 is 2.43 bits per heavy atom. The van der Waals surface area contributed by atoms with Crippen molar-refractivity contribution in [3.05, 3.63) is 30.1 Å². The molecule has 1 aromatic carbocycles. The lowest BCUT2D eigenvalue weighted by atomic mass is 9.85. The summed E-state index contributed by atoms with van der Waals surface area (Å²) in [5.41, 5.74) is 0.581. The normalized spacial score (nSPS) is 18.5. The van der Waals surface area contributed by atoms with Crippen molar-refractivity contribution in [2.24, 2.45) is 5.92 Å². The Hall–Kier alpha value is -2.11. The predicted octanol–water partition coefficient (Wildman–Crippen LogP) is 1.39. The Bertz CT molecular complexity index is 581. The molecule has 2 aliphatic rings. The molecule has 1 N–H and O–H groups in total. The van der Waals surface area contributed by atoms with E-state index in [1.165, 1.54) is 6.07 Å². The third-order valence-corrected chi connectivity index (χ3v) is 4.72. The number of carbonyl (C=O) groups is 2. The summed E-state index contributed by atoms with van der Waals surface area (Å²) >= 11 is 0. The molecule has 5 nitrogen and oxygen atoms in total. The van der Waals surface area contributed by atoms with Crippen LogP contribution < -0.4 is 10.2 Å². The average molecular weight is 319 g/mol. The Morgan fingerprint density at radius 2 is 1.83 bits per heavy atom. The number of halogens is 1. The Kier molecular flexibility index (Phi) is 4.79. The summed E-state index contributed by atoms with van der Waals surface area (Å²) < 4.78 is 13.8. The number of nitrogens with zero attached hydrogens (tertiary/aromatic N) is 2. The van der Waals surface area contributed by atoms with Crippen molar-refractivity contribution in [1.82, 2.24) is 10.2 Å². The molecule has 1 heterocycles. The van der Waals surface area contributed by atoms with Crippen LogP contribution in [0.4, 0.5) is 10.1 Å². The van der Waals surface area contributed by atoms with Crippen LogP contribution in [0.2, 0.25) is 0 Å². The smallest absolute Gasteiger partial charge is 0.242 e. The third-order valence-electron chi connectivity index (χ3n) is 4.72. The van der Waals surface area contributed by atoms with Crippen LogP contribution in [0.1, 0.15) is 19.3 Å². The van der Waals surface area contributed by atoms with Gasteiger partial charge in [0.05, 0.1) is 12.2 Å². The molecule has 124 valence electrons. The van der Waals surface area contributed by atoms with Gasteiger partial charge in [-0.2, -0.15) is 0 Å². The van der Waals surface area contributed by atoms with Gasteiger partial charge >= 0.3 is 0 Å². The second-order valence-electron chi connectivity index (χ2n) is 6.16. The van der Waals surface area contributed by atoms with Crippen LogP contribution in [-0.2, 0) is 9.59 Å². The molecule has 0 radical (unpaired) electrons. The topological polar surface area (TPSA) is 52.7 Å². The minimum atomic E-state index is -0.236. The number of piperazine rings is 1. The Morgan fingerprint density at radius 1 is 1.13 bits per heavy atom. The van der Waals surface area contributed by atoms with Gasteiger partial charge in [-0.3, -0.25) is 9.59 Å². The van der Waals surface area contributed by atoms with Crippen LogP contribution in [-0.4, -0.2) is 49.4 Å². The highest BCUT2D eigenvalue weighted by molar-refractivity contribution is 5.86. The first kappa shape index (κ1) is 15.8. The molecule has 0 bridgehead atoms. The van der Waals surface area contributed by atoms with Crippen molar-refractivity contribution in [3.8, 4) is 0 Å². The van der Waals surface area contributed by atoms with Crippen LogP contribution >= 0.6 is 0 Å². The van der Waals surface area contributed by atoms with Crippen LogP contribution in [0.25, 0.3) is 0 Å². The van der Waals surface area contributed by atoms with Crippen molar-refractivity contribution >= 4 is 17.5 Å². The van der Waals surface area contributed by atoms with Crippen LogP contribution in [0, 0.1) is 11.7 Å². The van der Waals surface area contributed by atoms with E-state index in [0.29, 0.717) is 31.9 Å². The average Bonchev–Trinajstić information content (AvgIpc) is 2.52. The molecule has 2 amide bonds. The molecule has 23 heavy (non-hydrogen) atoms. The maximum atomic E-state index is 13.8. The first-order chi connectivity index (χ1) is 11.1. The summed E-state index contributed by atoms with van der Waals surface area (Å²) in [6.07, 6.45) is 2.96. The molecule has 1 aliphatic carbocycles. The van der Waals surface area contributed by atoms with Gasteiger partial charge in [-0.15, -0.1) is 0 Å². The summed E-state index contributed by atoms with van der Waals surface area (Å²) in [4.78, 5) is 27.6. The van der Waals surface area contributed by atoms with Gasteiger partial charge in [-0.05, 0) is 25.0 Å². The highest BCUT2D eigenvalue weighted by atomic mass is 19.1. The van der Waals surface area contributed by atoms with E-state index in [0.717, 1.165) is 19.3 Å². The maximum absolute atomic E-state index is 13.8. The van der Waals surface area contributed by atoms with Crippen molar-refractivity contribution in [1.29, 1.82) is 0 Å². The van der Waals surface area contributed by atoms with Crippen LogP contribution in [0.3, 0.4) is 0 Å². The maximum Gasteiger partial charge on any atom is 0.242 e. The van der Waals surface area contributed by atoms with Crippen molar-refractivity contribution in [3.63, 3.8) is 0 Å². The number of amides is 2. The number of nitrogens with one attached hydrogen (secondary N) is 1. The molecule has 0 atom stereocenters. The van der Waals surface area contributed by atoms with Crippen molar-refractivity contribution in [2.75, 3.05) is 37.6 Å². The Balaban J connectivity index is 1.45. The van der Waals surface area contributed by atoms with E-state index in [9.17, 15) is 14.0 Å². The minimum Gasteiger partial charge on any atom is -0.366 e. The second kappa shape index (κ2) is 6.98. The number of anilines is 1. The highest BCUT2D eigenvalue weighted by Gasteiger charge is 2.27. The molecule has 3 rings (SSSR count). The fourth-order valence-corrected chi connectivity index (χ4v) is 2.99. The minimum absolute atomic E-state index is 0.00501. The molecular formula is C17H22FN3O2. The fraction of sp³-hybridized carbons (Fsp3) is 0.529. The molecular weight excluding hydrogens is 297 g/mol. The number of para-hydroxylation sites is 1. The van der Waals surface area contributed by atoms with Crippen molar-refractivity contribution in [2.45, 2.75) is 19.3 Å². The zero-order valence-electron chi connectivity index (χ0n) is 13.1. The van der Waals surface area contributed by atoms with E-state index in [2.05, 4.69) is 5.32 Å². The summed E-state index contributed by atoms with van der Waals surface area (Å²) in [6.45, 7) is 2.36. The summed E-state index contributed by atoms with van der Waals surface area (Å²) in [5.74, 6) is -0.207. The zero-order chi connectivity index (χ0) is 16.2. The highest BCUT2D eigenvalue weighted by Crippen LogP contribution is 2.26. The second-order valence-corrected chi connectivity index (χ2v) is 6.16. The number of carbonyl (C=O) groups excluding carboxylic acids is 2. The van der Waals surface area contributed by atoms with Gasteiger partial charge in [0.2, 0.25) is 11.8 Å². The molecule has 1 saturated carbocycles. The molecule has 0 unspecified atom stereocenters. The van der Waals surface area contributed by atoms with Gasteiger partial charge in [-0.25, -0.2) is 4.39 Å². The number of rotatable bonds is 4. The Labute approximate surface area is 135 Å². The third kappa shape index (κ3) is 3.63. The van der Waals surface area contributed by atoms with E-state index < -0.39 is 0 Å².